The number of rotatable bonds is 6. The van der Waals surface area contributed by atoms with Gasteiger partial charge in [0.15, 0.2) is 5.78 Å². The zero-order valence-corrected chi connectivity index (χ0v) is 17.7. The van der Waals surface area contributed by atoms with Gasteiger partial charge in [-0.05, 0) is 60.9 Å². The Labute approximate surface area is 179 Å². The molecule has 0 fully saturated rings. The molecule has 3 rings (SSSR count). The molecular weight excluding hydrogens is 402 g/mol. The Morgan fingerprint density at radius 1 is 1.00 bits per heavy atom. The third-order valence-electron chi connectivity index (χ3n) is 5.14. The highest BCUT2D eigenvalue weighted by Crippen LogP contribution is 2.33. The Kier molecular flexibility index (Phi) is 6.53. The van der Waals surface area contributed by atoms with E-state index >= 15 is 0 Å². The Bertz CT molecular complexity index is 1150. The van der Waals surface area contributed by atoms with E-state index in [1.165, 1.54) is 13.3 Å². The van der Waals surface area contributed by atoms with Gasteiger partial charge in [0.25, 0.3) is 5.56 Å². The summed E-state index contributed by atoms with van der Waals surface area (Å²) in [6, 6.07) is 14.2. The molecule has 154 valence electrons. The molecule has 1 N–H and O–H groups in total. The van der Waals surface area contributed by atoms with Crippen molar-refractivity contribution >= 4 is 23.4 Å². The van der Waals surface area contributed by atoms with Crippen molar-refractivity contribution in [2.24, 2.45) is 0 Å². The predicted octanol–water partition coefficient (Wildman–Crippen LogP) is 4.84. The number of ether oxygens (including phenoxy) is 1. The van der Waals surface area contributed by atoms with Crippen LogP contribution in [0.25, 0.3) is 0 Å². The molecule has 1 unspecified atom stereocenters. The maximum absolute atomic E-state index is 13.0. The first kappa shape index (κ1) is 21.5. The molecule has 5 nitrogen and oxygen atoms in total. The molecule has 1 heterocycles. The molecule has 0 aliphatic rings. The van der Waals surface area contributed by atoms with Crippen molar-refractivity contribution in [2.75, 3.05) is 7.11 Å². The molecule has 1 atom stereocenters. The highest BCUT2D eigenvalue weighted by molar-refractivity contribution is 6.30. The zero-order valence-electron chi connectivity index (χ0n) is 17.0. The van der Waals surface area contributed by atoms with Gasteiger partial charge in [-0.1, -0.05) is 29.8 Å². The Morgan fingerprint density at radius 3 is 2.30 bits per heavy atom. The van der Waals surface area contributed by atoms with Gasteiger partial charge < -0.3 is 9.72 Å². The van der Waals surface area contributed by atoms with Crippen LogP contribution in [0, 0.1) is 13.8 Å². The number of carbonyl (C=O) groups excluding carboxylic acids is 2. The Hall–Kier alpha value is -3.18. The number of benzene rings is 2. The molecule has 1 aromatic heterocycles. The number of Topliss-reactive ketones (excluding diaryl/α,β-unsaturated/α-hetero) is 1. The normalized spacial score (nSPS) is 11.7. The van der Waals surface area contributed by atoms with Gasteiger partial charge in [0.05, 0.1) is 12.7 Å². The molecule has 6 heteroatoms. The number of hydrogen-bond donors (Lipinski definition) is 1. The zero-order chi connectivity index (χ0) is 21.8. The van der Waals surface area contributed by atoms with E-state index in [9.17, 15) is 14.4 Å². The predicted molar refractivity (Wildman–Crippen MR) is 117 cm³/mol. The summed E-state index contributed by atoms with van der Waals surface area (Å²) in [6.45, 7) is 3.62. The van der Waals surface area contributed by atoms with E-state index in [1.807, 2.05) is 31.2 Å². The van der Waals surface area contributed by atoms with Crippen LogP contribution in [0.5, 0.6) is 0 Å². The van der Waals surface area contributed by atoms with Crippen LogP contribution in [0.15, 0.2) is 59.5 Å². The van der Waals surface area contributed by atoms with Crippen molar-refractivity contribution in [3.8, 4) is 0 Å². The number of aromatic amines is 1. The summed E-state index contributed by atoms with van der Waals surface area (Å²) in [7, 11) is 1.33. The number of aromatic nitrogens is 1. The lowest BCUT2D eigenvalue weighted by Crippen LogP contribution is -2.15. The lowest BCUT2D eigenvalue weighted by molar-refractivity contribution is 0.0600. The molecule has 0 spiro atoms. The summed E-state index contributed by atoms with van der Waals surface area (Å²) < 4.78 is 4.76. The van der Waals surface area contributed by atoms with Gasteiger partial charge in [-0.3, -0.25) is 9.59 Å². The van der Waals surface area contributed by atoms with Crippen molar-refractivity contribution in [1.29, 1.82) is 0 Å². The second kappa shape index (κ2) is 9.09. The molecule has 30 heavy (non-hydrogen) atoms. The van der Waals surface area contributed by atoms with Crippen molar-refractivity contribution in [3.63, 3.8) is 0 Å². The number of methoxy groups -OCH3 is 1. The number of nitrogens with one attached hydrogen (secondary N) is 1. The fourth-order valence-corrected chi connectivity index (χ4v) is 3.70. The molecular formula is C24H22ClNO4. The van der Waals surface area contributed by atoms with Crippen LogP contribution in [0.4, 0.5) is 0 Å². The summed E-state index contributed by atoms with van der Waals surface area (Å²) in [5.41, 5.74) is 4.00. The van der Waals surface area contributed by atoms with E-state index in [4.69, 9.17) is 16.3 Å². The summed E-state index contributed by atoms with van der Waals surface area (Å²) in [5, 5.41) is 0.624. The summed E-state index contributed by atoms with van der Waals surface area (Å²) >= 11 is 6.12. The van der Waals surface area contributed by atoms with Crippen molar-refractivity contribution < 1.29 is 14.3 Å². The fraction of sp³-hybridized carbons (Fsp3) is 0.208. The quantitative estimate of drug-likeness (QED) is 0.454. The number of aryl methyl sites for hydroxylation is 2. The first-order valence-corrected chi connectivity index (χ1v) is 9.84. The lowest BCUT2D eigenvalue weighted by Gasteiger charge is -2.20. The molecule has 2 aromatic carbocycles. The van der Waals surface area contributed by atoms with E-state index in [0.717, 1.165) is 16.7 Å². The summed E-state index contributed by atoms with van der Waals surface area (Å²) in [6.07, 6.45) is 1.65. The van der Waals surface area contributed by atoms with Crippen LogP contribution in [-0.4, -0.2) is 23.8 Å². The maximum atomic E-state index is 13.0. The third kappa shape index (κ3) is 4.69. The third-order valence-corrected chi connectivity index (χ3v) is 5.38. The van der Waals surface area contributed by atoms with Gasteiger partial charge in [-0.15, -0.1) is 0 Å². The number of ketones is 1. The van der Waals surface area contributed by atoms with E-state index in [2.05, 4.69) is 4.98 Å². The fourth-order valence-electron chi connectivity index (χ4n) is 3.47. The SMILES string of the molecule is COC(=O)c1ccc(C(CC(=O)c2c[nH]c(=O)c(C)c2)c2ccc(Cl)cc2C)cc1. The van der Waals surface area contributed by atoms with Gasteiger partial charge in [-0.25, -0.2) is 4.79 Å². The highest BCUT2D eigenvalue weighted by Gasteiger charge is 2.22. The topological polar surface area (TPSA) is 76.2 Å². The number of H-pyrrole nitrogens is 1. The number of hydrogen-bond acceptors (Lipinski definition) is 4. The van der Waals surface area contributed by atoms with E-state index in [1.54, 1.807) is 31.2 Å². The minimum atomic E-state index is -0.416. The molecule has 0 saturated heterocycles. The highest BCUT2D eigenvalue weighted by atomic mass is 35.5. The molecule has 0 radical (unpaired) electrons. The van der Waals surface area contributed by atoms with Crippen molar-refractivity contribution in [1.82, 2.24) is 4.98 Å². The molecule has 0 aliphatic carbocycles. The lowest BCUT2D eigenvalue weighted by atomic mass is 9.83. The van der Waals surface area contributed by atoms with Gasteiger partial charge in [0.2, 0.25) is 0 Å². The monoisotopic (exact) mass is 423 g/mol. The Morgan fingerprint density at radius 2 is 1.70 bits per heavy atom. The van der Waals surface area contributed by atoms with E-state index < -0.39 is 5.97 Å². The smallest absolute Gasteiger partial charge is 0.337 e. The van der Waals surface area contributed by atoms with Crippen LogP contribution < -0.4 is 5.56 Å². The van der Waals surface area contributed by atoms with Gasteiger partial charge in [0.1, 0.15) is 0 Å². The van der Waals surface area contributed by atoms with Gasteiger partial charge in [-0.2, -0.15) is 0 Å². The van der Waals surface area contributed by atoms with Crippen LogP contribution in [0.3, 0.4) is 0 Å². The molecule has 0 amide bonds. The van der Waals surface area contributed by atoms with Crippen LogP contribution >= 0.6 is 11.6 Å². The minimum absolute atomic E-state index is 0.0919. The number of halogens is 1. The first-order chi connectivity index (χ1) is 14.3. The number of carbonyl (C=O) groups is 2. The Balaban J connectivity index is 2.01. The maximum Gasteiger partial charge on any atom is 0.337 e. The average molecular weight is 424 g/mol. The average Bonchev–Trinajstić information content (AvgIpc) is 2.74. The number of esters is 1. The molecule has 0 bridgehead atoms. The van der Waals surface area contributed by atoms with E-state index in [-0.39, 0.29) is 23.7 Å². The standard InChI is InChI=1S/C24H22ClNO4/c1-14-11-19(25)8-9-20(14)21(16-4-6-17(7-5-16)24(29)30-3)12-22(27)18-10-15(2)23(28)26-13-18/h4-11,13,21H,12H2,1-3H3,(H,26,28). The first-order valence-electron chi connectivity index (χ1n) is 9.47. The molecule has 0 saturated carbocycles. The van der Waals surface area contributed by atoms with Gasteiger partial charge in [0, 0.05) is 34.7 Å². The van der Waals surface area contributed by atoms with Crippen LogP contribution in [-0.2, 0) is 4.74 Å². The molecule has 0 aliphatic heterocycles. The van der Waals surface area contributed by atoms with E-state index in [0.29, 0.717) is 21.7 Å². The van der Waals surface area contributed by atoms with Crippen LogP contribution in [0.2, 0.25) is 5.02 Å². The minimum Gasteiger partial charge on any atom is -0.465 e. The summed E-state index contributed by atoms with van der Waals surface area (Å²) in [5.74, 6) is -0.750. The largest absolute Gasteiger partial charge is 0.465 e. The van der Waals surface area contributed by atoms with Crippen LogP contribution in [0.1, 0.15) is 55.3 Å². The van der Waals surface area contributed by atoms with Crippen molar-refractivity contribution in [3.05, 3.63) is 103 Å². The van der Waals surface area contributed by atoms with Gasteiger partial charge >= 0.3 is 5.97 Å². The molecule has 3 aromatic rings. The second-order valence-corrected chi connectivity index (χ2v) is 7.63. The summed E-state index contributed by atoms with van der Waals surface area (Å²) in [4.78, 5) is 39.0. The number of pyridine rings is 1. The van der Waals surface area contributed by atoms with Crippen molar-refractivity contribution in [2.45, 2.75) is 26.2 Å². The second-order valence-electron chi connectivity index (χ2n) is 7.19.